The first-order valence-electron chi connectivity index (χ1n) is 11.5. The summed E-state index contributed by atoms with van der Waals surface area (Å²) < 4.78 is 28.3. The zero-order chi connectivity index (χ0) is 25.3. The molecule has 2 aromatic rings. The molecule has 0 saturated carbocycles. The van der Waals surface area contributed by atoms with Crippen LogP contribution in [0.5, 0.6) is 0 Å². The second-order valence-corrected chi connectivity index (χ2v) is 10.5. The summed E-state index contributed by atoms with van der Waals surface area (Å²) in [7, 11) is -1.10. The second kappa shape index (κ2) is 12.5. The largest absolute Gasteiger partial charge is 0.354 e. The molecule has 0 aromatic heterocycles. The third kappa shape index (κ3) is 7.04. The molecular weight excluding hydrogens is 452 g/mol. The quantitative estimate of drug-likeness (QED) is 0.465. The number of rotatable bonds is 12. The maximum atomic E-state index is 13.6. The van der Waals surface area contributed by atoms with Crippen LogP contribution in [-0.2, 0) is 26.3 Å². The smallest absolute Gasteiger partial charge is 0.304 e. The van der Waals surface area contributed by atoms with Gasteiger partial charge in [-0.3, -0.25) is 9.59 Å². The van der Waals surface area contributed by atoms with Gasteiger partial charge in [-0.2, -0.15) is 12.7 Å². The number of nitrogens with zero attached hydrogens (tertiary/aromatic N) is 3. The summed E-state index contributed by atoms with van der Waals surface area (Å²) >= 11 is 0. The molecule has 2 aromatic carbocycles. The number of para-hydroxylation sites is 1. The van der Waals surface area contributed by atoms with Crippen LogP contribution in [0.25, 0.3) is 0 Å². The van der Waals surface area contributed by atoms with Crippen LogP contribution in [0.3, 0.4) is 0 Å². The normalized spacial score (nSPS) is 12.3. The summed E-state index contributed by atoms with van der Waals surface area (Å²) in [5, 5.41) is 2.88. The lowest BCUT2D eigenvalue weighted by Crippen LogP contribution is -2.52. The molecule has 2 amide bonds. The molecule has 8 nitrogen and oxygen atoms in total. The Morgan fingerprint density at radius 2 is 1.62 bits per heavy atom. The van der Waals surface area contributed by atoms with E-state index in [1.807, 2.05) is 38.1 Å². The van der Waals surface area contributed by atoms with Crippen LogP contribution in [-0.4, -0.2) is 62.7 Å². The molecule has 0 aliphatic carbocycles. The number of anilines is 1. The van der Waals surface area contributed by atoms with Crippen LogP contribution >= 0.6 is 0 Å². The Morgan fingerprint density at radius 1 is 1.00 bits per heavy atom. The number of unbranched alkanes of at least 4 members (excludes halogenated alkanes) is 1. The Morgan fingerprint density at radius 3 is 2.21 bits per heavy atom. The molecule has 0 saturated heterocycles. The van der Waals surface area contributed by atoms with Gasteiger partial charge in [-0.1, -0.05) is 55.8 Å². The van der Waals surface area contributed by atoms with Gasteiger partial charge in [0.15, 0.2) is 0 Å². The summed E-state index contributed by atoms with van der Waals surface area (Å²) in [6.45, 7) is 5.94. The Kier molecular flexibility index (Phi) is 10.1. The summed E-state index contributed by atoms with van der Waals surface area (Å²) in [6, 6.07) is 15.3. The molecule has 186 valence electrons. The molecule has 0 fully saturated rings. The molecule has 9 heteroatoms. The van der Waals surface area contributed by atoms with Crippen molar-refractivity contribution >= 4 is 27.7 Å². The summed E-state index contributed by atoms with van der Waals surface area (Å²) in [6.07, 6.45) is 1.78. The van der Waals surface area contributed by atoms with E-state index in [1.54, 1.807) is 37.3 Å². The molecule has 34 heavy (non-hydrogen) atoms. The minimum atomic E-state index is -3.95. The van der Waals surface area contributed by atoms with Gasteiger partial charge in [-0.25, -0.2) is 4.31 Å². The number of aryl methyl sites for hydroxylation is 1. The molecule has 0 bridgehead atoms. The molecule has 2 rings (SSSR count). The molecule has 1 atom stereocenters. The van der Waals surface area contributed by atoms with Crippen LogP contribution in [0.15, 0.2) is 54.6 Å². The van der Waals surface area contributed by atoms with E-state index in [-0.39, 0.29) is 12.5 Å². The lowest BCUT2D eigenvalue weighted by molar-refractivity contribution is -0.139. The lowest BCUT2D eigenvalue weighted by atomic mass is 10.1. The Bertz CT molecular complexity index is 1060. The van der Waals surface area contributed by atoms with Gasteiger partial charge < -0.3 is 10.2 Å². The van der Waals surface area contributed by atoms with Crippen LogP contribution < -0.4 is 9.62 Å². The second-order valence-electron chi connectivity index (χ2n) is 8.40. The minimum Gasteiger partial charge on any atom is -0.354 e. The molecule has 1 unspecified atom stereocenters. The first kappa shape index (κ1) is 27.3. The van der Waals surface area contributed by atoms with Crippen LogP contribution in [0.4, 0.5) is 5.69 Å². The van der Waals surface area contributed by atoms with Crippen molar-refractivity contribution in [1.82, 2.24) is 14.5 Å². The van der Waals surface area contributed by atoms with Gasteiger partial charge in [0.2, 0.25) is 11.8 Å². The average Bonchev–Trinajstić information content (AvgIpc) is 2.81. The van der Waals surface area contributed by atoms with Crippen molar-refractivity contribution in [2.24, 2.45) is 0 Å². The van der Waals surface area contributed by atoms with E-state index in [2.05, 4.69) is 5.32 Å². The summed E-state index contributed by atoms with van der Waals surface area (Å²) in [4.78, 5) is 27.9. The number of carbonyl (C=O) groups is 2. The van der Waals surface area contributed by atoms with E-state index in [4.69, 9.17) is 0 Å². The highest BCUT2D eigenvalue weighted by molar-refractivity contribution is 7.90. The number of hydrogen-bond donors (Lipinski definition) is 1. The van der Waals surface area contributed by atoms with Crippen LogP contribution in [0.1, 0.15) is 37.8 Å². The van der Waals surface area contributed by atoms with Gasteiger partial charge in [0, 0.05) is 27.2 Å². The summed E-state index contributed by atoms with van der Waals surface area (Å²) in [5.41, 5.74) is 2.26. The van der Waals surface area contributed by atoms with Gasteiger partial charge in [-0.15, -0.1) is 0 Å². The van der Waals surface area contributed by atoms with Gasteiger partial charge in [0.05, 0.1) is 5.69 Å². The Hall–Kier alpha value is -2.91. The summed E-state index contributed by atoms with van der Waals surface area (Å²) in [5.74, 6) is -0.729. The van der Waals surface area contributed by atoms with E-state index in [0.717, 1.165) is 32.6 Å². The highest BCUT2D eigenvalue weighted by Crippen LogP contribution is 2.21. The van der Waals surface area contributed by atoms with Crippen molar-refractivity contribution in [3.05, 3.63) is 65.7 Å². The van der Waals surface area contributed by atoms with Gasteiger partial charge in [0.25, 0.3) is 0 Å². The predicted molar refractivity (Wildman–Crippen MR) is 136 cm³/mol. The van der Waals surface area contributed by atoms with Crippen molar-refractivity contribution < 1.29 is 18.0 Å². The number of benzene rings is 2. The third-order valence-electron chi connectivity index (χ3n) is 5.66. The molecule has 0 aliphatic heterocycles. The maximum absolute atomic E-state index is 13.6. The SMILES string of the molecule is CCCCNC(=O)C(C)N(Cc1ccccc1C)C(=O)CN(c1ccccc1)S(=O)(=O)N(C)C. The lowest BCUT2D eigenvalue weighted by Gasteiger charge is -2.33. The van der Waals surface area contributed by atoms with E-state index in [9.17, 15) is 18.0 Å². The number of amides is 2. The third-order valence-corrected chi connectivity index (χ3v) is 7.48. The molecule has 0 radical (unpaired) electrons. The fourth-order valence-electron chi connectivity index (χ4n) is 3.40. The van der Waals surface area contributed by atoms with E-state index < -0.39 is 28.7 Å². The average molecular weight is 489 g/mol. The first-order valence-corrected chi connectivity index (χ1v) is 12.9. The molecule has 0 aliphatic rings. The van der Waals surface area contributed by atoms with E-state index in [1.165, 1.54) is 19.0 Å². The number of hydrogen-bond acceptors (Lipinski definition) is 4. The maximum Gasteiger partial charge on any atom is 0.304 e. The predicted octanol–water partition coefficient (Wildman–Crippen LogP) is 2.94. The monoisotopic (exact) mass is 488 g/mol. The van der Waals surface area contributed by atoms with E-state index >= 15 is 0 Å². The Labute approximate surface area is 203 Å². The standard InChI is InChI=1S/C25H36N4O4S/c1-6-7-17-26-25(31)21(3)28(18-22-14-12-11-13-20(22)2)24(30)19-29(34(32,33)27(4)5)23-15-9-8-10-16-23/h8-16,21H,6-7,17-19H2,1-5H3,(H,26,31). The number of carbonyl (C=O) groups excluding carboxylic acids is 2. The van der Waals surface area contributed by atoms with Gasteiger partial charge >= 0.3 is 10.2 Å². The minimum absolute atomic E-state index is 0.193. The van der Waals surface area contributed by atoms with Crippen molar-refractivity contribution in [2.75, 3.05) is 31.5 Å². The number of nitrogens with one attached hydrogen (secondary N) is 1. The fraction of sp³-hybridized carbons (Fsp3) is 0.440. The molecule has 1 N–H and O–H groups in total. The highest BCUT2D eigenvalue weighted by atomic mass is 32.2. The Balaban J connectivity index is 2.40. The zero-order valence-corrected chi connectivity index (χ0v) is 21.5. The molecular formula is C25H36N4O4S. The zero-order valence-electron chi connectivity index (χ0n) is 20.7. The van der Waals surface area contributed by atoms with Crippen LogP contribution in [0.2, 0.25) is 0 Å². The van der Waals surface area contributed by atoms with Crippen molar-refractivity contribution in [1.29, 1.82) is 0 Å². The molecule has 0 spiro atoms. The van der Waals surface area contributed by atoms with Gasteiger partial charge in [0.1, 0.15) is 12.6 Å². The van der Waals surface area contributed by atoms with Gasteiger partial charge in [-0.05, 0) is 43.5 Å². The molecule has 0 heterocycles. The van der Waals surface area contributed by atoms with Crippen LogP contribution in [0, 0.1) is 6.92 Å². The highest BCUT2D eigenvalue weighted by Gasteiger charge is 2.32. The van der Waals surface area contributed by atoms with Crippen molar-refractivity contribution in [2.45, 2.75) is 46.2 Å². The van der Waals surface area contributed by atoms with Crippen molar-refractivity contribution in [3.8, 4) is 0 Å². The fourth-order valence-corrected chi connectivity index (χ4v) is 4.46. The van der Waals surface area contributed by atoms with E-state index in [0.29, 0.717) is 12.2 Å². The first-order chi connectivity index (χ1) is 16.1. The van der Waals surface area contributed by atoms with Crippen molar-refractivity contribution in [3.63, 3.8) is 0 Å². The topological polar surface area (TPSA) is 90.0 Å².